The van der Waals surface area contributed by atoms with E-state index in [1.54, 1.807) is 44.8 Å². The number of nitrogens with zero attached hydrogens (tertiary/aromatic N) is 2. The van der Waals surface area contributed by atoms with E-state index in [0.29, 0.717) is 11.3 Å². The van der Waals surface area contributed by atoms with Gasteiger partial charge in [0, 0.05) is 35.2 Å². The first-order chi connectivity index (χ1) is 21.3. The summed E-state index contributed by atoms with van der Waals surface area (Å²) in [7, 11) is 4.54. The number of hydrogen-bond donors (Lipinski definition) is 1. The maximum atomic E-state index is 11.3. The Hall–Kier alpha value is -2.70. The molecule has 4 rings (SSSR count). The molecule has 1 N–H and O–H groups in total. The Balaban J connectivity index is 0. The van der Waals surface area contributed by atoms with Gasteiger partial charge in [0.2, 0.25) is 0 Å². The molecule has 4 aromatic rings. The van der Waals surface area contributed by atoms with Crippen molar-refractivity contribution < 1.29 is 37.7 Å². The minimum Gasteiger partial charge on any atom is -0.506 e. The summed E-state index contributed by atoms with van der Waals surface area (Å²) in [6.45, 7) is 17.9. The fourth-order valence-corrected chi connectivity index (χ4v) is 3.09. The summed E-state index contributed by atoms with van der Waals surface area (Å²) in [6.07, 6.45) is 3.32. The van der Waals surface area contributed by atoms with E-state index in [0.717, 1.165) is 33.1 Å². The molecule has 2 heterocycles. The summed E-state index contributed by atoms with van der Waals surface area (Å²) in [5, 5.41) is 10.8. The largest absolute Gasteiger partial charge is 0.506 e. The average molecular weight is 677 g/mol. The number of carbonyl (C=O) groups is 1. The molecule has 260 valence electrons. The summed E-state index contributed by atoms with van der Waals surface area (Å²) < 4.78 is 19.8. The Labute approximate surface area is 307 Å². The van der Waals surface area contributed by atoms with Gasteiger partial charge in [-0.15, -0.1) is 0 Å². The van der Waals surface area contributed by atoms with E-state index in [1.807, 2.05) is 92.6 Å². The minimum absolute atomic E-state index is 0. The monoisotopic (exact) mass is 676 g/mol. The van der Waals surface area contributed by atoms with E-state index in [-0.39, 0.29) is 55.7 Å². The van der Waals surface area contributed by atoms with Gasteiger partial charge >= 0.3 is 22.6 Å². The quantitative estimate of drug-likeness (QED) is 0.101. The van der Waals surface area contributed by atoms with Crippen LogP contribution >= 0.6 is 0 Å². The van der Waals surface area contributed by atoms with Gasteiger partial charge in [0.1, 0.15) is 11.5 Å². The van der Waals surface area contributed by atoms with Gasteiger partial charge in [-0.05, 0) is 110 Å². The van der Waals surface area contributed by atoms with Crippen molar-refractivity contribution in [1.82, 2.24) is 9.97 Å². The number of aliphatic hydroxyl groups is 1. The Kier molecular flexibility index (Phi) is 21.8. The maximum Gasteiger partial charge on any atom is 0.394 e. The van der Waals surface area contributed by atoms with Gasteiger partial charge < -0.3 is 23.1 Å². The predicted octanol–water partition coefficient (Wildman–Crippen LogP) is 7.17. The van der Waals surface area contributed by atoms with Crippen LogP contribution in [0.2, 0.25) is 0 Å². The van der Waals surface area contributed by atoms with Gasteiger partial charge in [-0.2, -0.15) is 0 Å². The molecule has 2 aromatic carbocycles. The number of hydrogen-bond acceptors (Lipinski definition) is 10. The smallest absolute Gasteiger partial charge is 0.394 e. The molecule has 48 heavy (non-hydrogen) atoms. The first-order valence-corrected chi connectivity index (χ1v) is 15.3. The van der Waals surface area contributed by atoms with Gasteiger partial charge in [0.15, 0.2) is 0 Å². The summed E-state index contributed by atoms with van der Waals surface area (Å²) in [5.74, 6) is 1.03. The molecule has 0 saturated carbocycles. The van der Waals surface area contributed by atoms with Crippen LogP contribution in [0.15, 0.2) is 60.9 Å². The van der Waals surface area contributed by atoms with Crippen LogP contribution in [0, 0.1) is 0 Å². The number of carbonyl (C=O) groups excluding carboxylic acids is 1. The molecule has 0 unspecified atom stereocenters. The topological polar surface area (TPSA) is 118 Å². The number of ether oxygens (including phenoxy) is 3. The van der Waals surface area contributed by atoms with Crippen LogP contribution in [0.25, 0.3) is 21.8 Å². The molecule has 2 radical (unpaired) electrons. The third-order valence-electron chi connectivity index (χ3n) is 5.43. The van der Waals surface area contributed by atoms with Crippen LogP contribution < -0.4 is 9.47 Å². The number of methoxy groups -OCH3 is 3. The fourth-order valence-electron chi connectivity index (χ4n) is 3.09. The van der Waals surface area contributed by atoms with E-state index in [9.17, 15) is 4.79 Å². The van der Waals surface area contributed by atoms with Crippen LogP contribution in [0.4, 0.5) is 0 Å². The predicted molar refractivity (Wildman–Crippen MR) is 196 cm³/mol. The van der Waals surface area contributed by atoms with Crippen molar-refractivity contribution in [3.05, 3.63) is 72.1 Å². The second-order valence-electron chi connectivity index (χ2n) is 13.0. The van der Waals surface area contributed by atoms with Crippen molar-refractivity contribution in [1.29, 1.82) is 0 Å². The van der Waals surface area contributed by atoms with Crippen LogP contribution in [0.5, 0.6) is 11.5 Å². The normalized spacial score (nSPS) is 10.8. The van der Waals surface area contributed by atoms with Gasteiger partial charge in [-0.1, -0.05) is 13.5 Å². The standard InChI is InChI=1S/C12H11NO3.C11H11NO2.C8H18O2.C4H9O.CH4.Al.Li.H/c1-15-10-6-9-5-8(12(14)16-2)3-4-11(9)13-7-10;1-14-10-5-9-4-8(7-13)2-3-11(9)12-6-10;1-7(2,3)9-10-8(4,5)6;1-4(2,3)5;;;;/h3-7H,1-2H3;2-6,13H,7H2,1H3;1-6H3;1-3H3;1H4;;;/q;;;-1;;+1;;. The van der Waals surface area contributed by atoms with Crippen molar-refractivity contribution in [3.63, 3.8) is 0 Å². The summed E-state index contributed by atoms with van der Waals surface area (Å²) in [4.78, 5) is 29.9. The second kappa shape index (κ2) is 22.1. The van der Waals surface area contributed by atoms with Crippen molar-refractivity contribution >= 4 is 63.3 Å². The van der Waals surface area contributed by atoms with Gasteiger partial charge in [-0.3, -0.25) is 9.97 Å². The molecule has 0 saturated heterocycles. The maximum absolute atomic E-state index is 11.3. The van der Waals surface area contributed by atoms with Crippen LogP contribution in [0.3, 0.4) is 0 Å². The fraction of sp³-hybridized carbons (Fsp3) is 0.472. The first-order valence-electron chi connectivity index (χ1n) is 14.7. The van der Waals surface area contributed by atoms with Crippen molar-refractivity contribution in [2.75, 3.05) is 21.3 Å². The molecule has 2 aromatic heterocycles. The van der Waals surface area contributed by atoms with Crippen molar-refractivity contribution in [3.8, 4) is 11.5 Å². The zero-order valence-corrected chi connectivity index (χ0v) is 31.8. The van der Waals surface area contributed by atoms with Crippen molar-refractivity contribution in [2.24, 2.45) is 0 Å². The Morgan fingerprint density at radius 1 is 0.708 bits per heavy atom. The molecule has 10 nitrogen and oxygen atoms in total. The molecule has 0 atom stereocenters. The summed E-state index contributed by atoms with van der Waals surface area (Å²) in [6, 6.07) is 14.6. The van der Waals surface area contributed by atoms with E-state index in [4.69, 9.17) is 28.1 Å². The third-order valence-corrected chi connectivity index (χ3v) is 6.29. The Bertz CT molecular complexity index is 1460. The number of aliphatic hydroxyl groups excluding tert-OH is 1. The SMILES string of the molecule is C.CC(C)(C)OOC(C)(C)C.CC(C)(C)[O][AlH].COC(=O)c1ccc2ncc(OC)cc2c1.COc1cnc2ccc(CO)cc2c1.[Li]. The molecule has 0 aliphatic rings. The zero-order chi connectivity index (χ0) is 35.1. The molecule has 12 heteroatoms. The van der Waals surface area contributed by atoms with Gasteiger partial charge in [0.05, 0.1) is 68.1 Å². The van der Waals surface area contributed by atoms with Gasteiger partial charge in [0.25, 0.3) is 0 Å². The Morgan fingerprint density at radius 2 is 1.12 bits per heavy atom. The molecule has 0 bridgehead atoms. The second-order valence-corrected chi connectivity index (χ2v) is 13.3. The van der Waals surface area contributed by atoms with E-state index < -0.39 is 0 Å². The number of aromatic nitrogens is 2. The molecule has 0 spiro atoms. The first kappa shape index (κ1) is 47.4. The van der Waals surface area contributed by atoms with Gasteiger partial charge in [-0.25, -0.2) is 14.6 Å². The molecular weight excluding hydrogens is 622 g/mol. The summed E-state index contributed by atoms with van der Waals surface area (Å²) in [5.41, 5.74) is 2.73. The number of esters is 1. The molecular formula is C36H54AlLiN2O8. The van der Waals surface area contributed by atoms with Crippen LogP contribution in [-0.2, 0) is 24.9 Å². The van der Waals surface area contributed by atoms with E-state index in [2.05, 4.69) is 14.7 Å². The molecule has 0 amide bonds. The van der Waals surface area contributed by atoms with E-state index in [1.165, 1.54) is 23.7 Å². The summed E-state index contributed by atoms with van der Waals surface area (Å²) >= 11 is 1.54. The Morgan fingerprint density at radius 3 is 1.48 bits per heavy atom. The third kappa shape index (κ3) is 19.3. The number of rotatable bonds is 5. The molecule has 0 aliphatic carbocycles. The number of benzene rings is 2. The van der Waals surface area contributed by atoms with Crippen LogP contribution in [0.1, 0.15) is 85.7 Å². The number of fused-ring (bicyclic) bond motifs is 2. The minimum atomic E-state index is -0.357. The average Bonchev–Trinajstić information content (AvgIpc) is 3.02. The zero-order valence-electron chi connectivity index (χ0n) is 30.4. The number of pyridine rings is 2. The molecule has 0 aliphatic heterocycles. The van der Waals surface area contributed by atoms with Crippen molar-refractivity contribution in [2.45, 2.75) is 93.2 Å². The van der Waals surface area contributed by atoms with E-state index >= 15 is 0 Å². The molecule has 0 fully saturated rings. The van der Waals surface area contributed by atoms with Crippen LogP contribution in [-0.4, -0.2) is 94.7 Å².